The summed E-state index contributed by atoms with van der Waals surface area (Å²) in [5, 5.41) is 7.93. The number of carbonyl (C=O) groups excluding carboxylic acids is 1. The van der Waals surface area contributed by atoms with Crippen molar-refractivity contribution in [1.29, 1.82) is 0 Å². The van der Waals surface area contributed by atoms with Crippen LogP contribution in [0.3, 0.4) is 0 Å². The number of aromatic nitrogens is 3. The van der Waals surface area contributed by atoms with Crippen molar-refractivity contribution in [2.24, 2.45) is 0 Å². The van der Waals surface area contributed by atoms with Crippen LogP contribution in [0.5, 0.6) is 0 Å². The molecule has 190 valence electrons. The predicted octanol–water partition coefficient (Wildman–Crippen LogP) is 6.60. The third-order valence-electron chi connectivity index (χ3n) is 6.36. The fraction of sp³-hybridized carbons (Fsp3) is 0.129. The molecule has 0 saturated carbocycles. The van der Waals surface area contributed by atoms with Crippen LogP contribution in [0.2, 0.25) is 0 Å². The van der Waals surface area contributed by atoms with Gasteiger partial charge < -0.3 is 20.4 Å². The number of ether oxygens (including phenoxy) is 1. The smallest absolute Gasteiger partial charge is 0.330 e. The molecule has 0 aliphatic carbocycles. The average molecular weight is 504 g/mol. The number of carbonyl (C=O) groups is 1. The molecule has 0 aliphatic rings. The molecule has 38 heavy (non-hydrogen) atoms. The van der Waals surface area contributed by atoms with Crippen molar-refractivity contribution in [3.63, 3.8) is 0 Å². The molecule has 2 aromatic heterocycles. The highest BCUT2D eigenvalue weighted by molar-refractivity contribution is 5.91. The van der Waals surface area contributed by atoms with E-state index in [1.165, 1.54) is 18.7 Å². The SMILES string of the molecule is COC(=O)C=Cc1ccc(CNc2ccc(-c3cc4c(NC(C)c5ccccc5)ncnc4[nH]3)cc2)cc1. The molecule has 7 heteroatoms. The van der Waals surface area contributed by atoms with Crippen LogP contribution in [0.15, 0.2) is 97.3 Å². The van der Waals surface area contributed by atoms with Crippen LogP contribution in [0.25, 0.3) is 28.4 Å². The number of anilines is 2. The van der Waals surface area contributed by atoms with E-state index in [0.29, 0.717) is 6.54 Å². The highest BCUT2D eigenvalue weighted by Gasteiger charge is 2.12. The Morgan fingerprint density at radius 1 is 1.00 bits per heavy atom. The number of methoxy groups -OCH3 is 1. The van der Waals surface area contributed by atoms with Crippen LogP contribution in [-0.4, -0.2) is 28.0 Å². The quantitative estimate of drug-likeness (QED) is 0.155. The second kappa shape index (κ2) is 11.4. The first-order valence-corrected chi connectivity index (χ1v) is 12.4. The molecule has 3 aromatic carbocycles. The van der Waals surface area contributed by atoms with Gasteiger partial charge in [0.1, 0.15) is 17.8 Å². The molecule has 1 atom stereocenters. The number of hydrogen-bond acceptors (Lipinski definition) is 6. The number of fused-ring (bicyclic) bond motifs is 1. The van der Waals surface area contributed by atoms with Gasteiger partial charge in [-0.15, -0.1) is 0 Å². The van der Waals surface area contributed by atoms with Crippen LogP contribution < -0.4 is 10.6 Å². The molecule has 0 fully saturated rings. The van der Waals surface area contributed by atoms with Gasteiger partial charge in [-0.3, -0.25) is 0 Å². The summed E-state index contributed by atoms with van der Waals surface area (Å²) in [5.41, 5.74) is 7.16. The van der Waals surface area contributed by atoms with E-state index < -0.39 is 0 Å². The fourth-order valence-electron chi connectivity index (χ4n) is 4.19. The summed E-state index contributed by atoms with van der Waals surface area (Å²) in [7, 11) is 1.37. The normalized spacial score (nSPS) is 11.9. The maximum Gasteiger partial charge on any atom is 0.330 e. The third kappa shape index (κ3) is 5.90. The van der Waals surface area contributed by atoms with Crippen LogP contribution in [-0.2, 0) is 16.1 Å². The lowest BCUT2D eigenvalue weighted by Gasteiger charge is -2.15. The highest BCUT2D eigenvalue weighted by atomic mass is 16.5. The maximum absolute atomic E-state index is 11.2. The zero-order chi connectivity index (χ0) is 26.3. The molecule has 0 radical (unpaired) electrons. The summed E-state index contributed by atoms with van der Waals surface area (Å²) in [6, 6.07) is 28.8. The minimum absolute atomic E-state index is 0.116. The monoisotopic (exact) mass is 503 g/mol. The number of esters is 1. The fourth-order valence-corrected chi connectivity index (χ4v) is 4.19. The minimum Gasteiger partial charge on any atom is -0.466 e. The van der Waals surface area contributed by atoms with E-state index in [0.717, 1.165) is 44.9 Å². The number of benzene rings is 3. The first-order chi connectivity index (χ1) is 18.6. The topological polar surface area (TPSA) is 91.9 Å². The van der Waals surface area contributed by atoms with E-state index >= 15 is 0 Å². The van der Waals surface area contributed by atoms with Crippen molar-refractivity contribution in [3.8, 4) is 11.3 Å². The Morgan fingerprint density at radius 3 is 2.50 bits per heavy atom. The zero-order valence-corrected chi connectivity index (χ0v) is 21.3. The van der Waals surface area contributed by atoms with Crippen molar-refractivity contribution in [2.45, 2.75) is 19.5 Å². The molecule has 0 aliphatic heterocycles. The molecule has 0 amide bonds. The number of aromatic amines is 1. The second-order valence-electron chi connectivity index (χ2n) is 8.97. The Morgan fingerprint density at radius 2 is 1.76 bits per heavy atom. The van der Waals surface area contributed by atoms with Gasteiger partial charge in [-0.2, -0.15) is 0 Å². The summed E-state index contributed by atoms with van der Waals surface area (Å²) in [6.45, 7) is 2.82. The van der Waals surface area contributed by atoms with Gasteiger partial charge in [-0.25, -0.2) is 14.8 Å². The lowest BCUT2D eigenvalue weighted by atomic mass is 10.1. The van der Waals surface area contributed by atoms with E-state index in [-0.39, 0.29) is 12.0 Å². The van der Waals surface area contributed by atoms with Gasteiger partial charge in [-0.1, -0.05) is 66.7 Å². The van der Waals surface area contributed by atoms with Gasteiger partial charge in [0.25, 0.3) is 0 Å². The van der Waals surface area contributed by atoms with Gasteiger partial charge in [-0.05, 0) is 53.5 Å². The van der Waals surface area contributed by atoms with E-state index in [1.807, 2.05) is 42.5 Å². The van der Waals surface area contributed by atoms with Gasteiger partial charge in [0, 0.05) is 30.0 Å². The van der Waals surface area contributed by atoms with E-state index in [4.69, 9.17) is 0 Å². The summed E-state index contributed by atoms with van der Waals surface area (Å²) in [4.78, 5) is 23.6. The molecule has 0 spiro atoms. The number of H-pyrrole nitrogens is 1. The van der Waals surface area contributed by atoms with Gasteiger partial charge in [0.2, 0.25) is 0 Å². The predicted molar refractivity (Wildman–Crippen MR) is 153 cm³/mol. The van der Waals surface area contributed by atoms with Crippen LogP contribution in [0.4, 0.5) is 11.5 Å². The molecule has 7 nitrogen and oxygen atoms in total. The van der Waals surface area contributed by atoms with Crippen molar-refractivity contribution in [3.05, 3.63) is 114 Å². The molecule has 3 N–H and O–H groups in total. The molecule has 0 bridgehead atoms. The van der Waals surface area contributed by atoms with Crippen LogP contribution in [0, 0.1) is 0 Å². The standard InChI is InChI=1S/C31H29N5O2/c1-21(24-6-4-3-5-7-24)35-30-27-18-28(36-31(27)34-20-33-30)25-13-15-26(16-14-25)32-19-23-10-8-22(9-11-23)12-17-29(37)38-2/h3-18,20-21,32H,19H2,1-2H3,(H2,33,34,35,36). The molecule has 2 heterocycles. The highest BCUT2D eigenvalue weighted by Crippen LogP contribution is 2.29. The van der Waals surface area contributed by atoms with E-state index in [9.17, 15) is 4.79 Å². The zero-order valence-electron chi connectivity index (χ0n) is 21.3. The number of nitrogens with zero attached hydrogens (tertiary/aromatic N) is 2. The van der Waals surface area contributed by atoms with E-state index in [1.54, 1.807) is 12.4 Å². The lowest BCUT2D eigenvalue weighted by Crippen LogP contribution is -2.08. The average Bonchev–Trinajstić information content (AvgIpc) is 3.41. The molecular weight excluding hydrogens is 474 g/mol. The second-order valence-corrected chi connectivity index (χ2v) is 8.97. The summed E-state index contributed by atoms with van der Waals surface area (Å²) in [5.74, 6) is 0.438. The first-order valence-electron chi connectivity index (χ1n) is 12.4. The third-order valence-corrected chi connectivity index (χ3v) is 6.36. The first kappa shape index (κ1) is 24.8. The molecule has 5 aromatic rings. The van der Waals surface area contributed by atoms with Gasteiger partial charge in [0.15, 0.2) is 0 Å². The van der Waals surface area contributed by atoms with Crippen molar-refractivity contribution >= 4 is 34.6 Å². The van der Waals surface area contributed by atoms with Crippen molar-refractivity contribution in [1.82, 2.24) is 15.0 Å². The van der Waals surface area contributed by atoms with Gasteiger partial charge in [0.05, 0.1) is 12.5 Å². The molecule has 5 rings (SSSR count). The van der Waals surface area contributed by atoms with Crippen LogP contribution in [0.1, 0.15) is 29.7 Å². The van der Waals surface area contributed by atoms with Gasteiger partial charge >= 0.3 is 5.97 Å². The Labute approximate surface area is 221 Å². The minimum atomic E-state index is -0.366. The summed E-state index contributed by atoms with van der Waals surface area (Å²) >= 11 is 0. The molecule has 0 saturated heterocycles. The number of rotatable bonds is 9. The Bertz CT molecular complexity index is 1540. The maximum atomic E-state index is 11.2. The molecule has 1 unspecified atom stereocenters. The van der Waals surface area contributed by atoms with Crippen LogP contribution >= 0.6 is 0 Å². The number of hydrogen-bond donors (Lipinski definition) is 3. The van der Waals surface area contributed by atoms with E-state index in [2.05, 4.69) is 79.7 Å². The summed E-state index contributed by atoms with van der Waals surface area (Å²) < 4.78 is 4.62. The Kier molecular flexibility index (Phi) is 7.45. The largest absolute Gasteiger partial charge is 0.466 e. The lowest BCUT2D eigenvalue weighted by molar-refractivity contribution is -0.134. The molecular formula is C31H29N5O2. The van der Waals surface area contributed by atoms with Crippen molar-refractivity contribution in [2.75, 3.05) is 17.7 Å². The number of nitrogens with one attached hydrogen (secondary N) is 3. The Hall–Kier alpha value is -4.91. The summed E-state index contributed by atoms with van der Waals surface area (Å²) in [6.07, 6.45) is 4.73. The Balaban J connectivity index is 1.24. The van der Waals surface area contributed by atoms with Crippen molar-refractivity contribution < 1.29 is 9.53 Å².